The maximum absolute atomic E-state index is 3.99. The summed E-state index contributed by atoms with van der Waals surface area (Å²) in [6.45, 7) is 6.50. The topological polar surface area (TPSA) is 27.6 Å². The maximum atomic E-state index is 3.99. The van der Waals surface area contributed by atoms with Gasteiger partial charge in [0.1, 0.15) is 12.0 Å². The second kappa shape index (κ2) is 2.15. The van der Waals surface area contributed by atoms with Crippen molar-refractivity contribution in [3.05, 3.63) is 0 Å². The Balaban J connectivity index is 2.71. The van der Waals surface area contributed by atoms with Crippen LogP contribution >= 0.6 is 0 Å². The molecule has 0 radical (unpaired) electrons. The summed E-state index contributed by atoms with van der Waals surface area (Å²) >= 11 is 0. The van der Waals surface area contributed by atoms with E-state index in [1.54, 1.807) is 0 Å². The van der Waals surface area contributed by atoms with E-state index in [1.165, 1.54) is 0 Å². The van der Waals surface area contributed by atoms with Gasteiger partial charge in [0, 0.05) is 7.05 Å². The molecule has 0 aromatic rings. The maximum Gasteiger partial charge on any atom is 0.126 e. The lowest BCUT2D eigenvalue weighted by Gasteiger charge is -2.35. The summed E-state index contributed by atoms with van der Waals surface area (Å²) in [6.07, 6.45) is 1.82. The molecule has 0 amide bonds. The minimum absolute atomic E-state index is 0.0139. The average molecular weight is 141 g/mol. The number of rotatable bonds is 1. The van der Waals surface area contributed by atoms with Crippen molar-refractivity contribution in [2.24, 2.45) is 11.0 Å². The molecule has 58 valence electrons. The minimum Gasteiger partial charge on any atom is -0.340 e. The zero-order valence-corrected chi connectivity index (χ0v) is 7.05. The van der Waals surface area contributed by atoms with Crippen LogP contribution in [0.1, 0.15) is 20.8 Å². The van der Waals surface area contributed by atoms with Gasteiger partial charge in [-0.15, -0.1) is 0 Å². The van der Waals surface area contributed by atoms with Gasteiger partial charge in [-0.1, -0.05) is 13.8 Å². The van der Waals surface area contributed by atoms with Crippen molar-refractivity contribution in [1.29, 1.82) is 0 Å². The van der Waals surface area contributed by atoms with Crippen molar-refractivity contribution in [3.63, 3.8) is 0 Å². The Morgan fingerprint density at radius 3 is 2.40 bits per heavy atom. The fourth-order valence-electron chi connectivity index (χ4n) is 0.981. The Hall–Kier alpha value is -0.730. The van der Waals surface area contributed by atoms with Gasteiger partial charge < -0.3 is 4.90 Å². The highest BCUT2D eigenvalue weighted by molar-refractivity contribution is 5.57. The van der Waals surface area contributed by atoms with Crippen molar-refractivity contribution in [3.8, 4) is 0 Å². The molecular formula is C7H15N3. The Kier molecular flexibility index (Phi) is 1.58. The summed E-state index contributed by atoms with van der Waals surface area (Å²) in [5.41, 5.74) is 3.09. The first-order valence-corrected chi connectivity index (χ1v) is 3.60. The minimum atomic E-state index is 0.0139. The van der Waals surface area contributed by atoms with Crippen molar-refractivity contribution in [2.45, 2.75) is 26.4 Å². The van der Waals surface area contributed by atoms with Crippen molar-refractivity contribution < 1.29 is 0 Å². The van der Waals surface area contributed by atoms with E-state index >= 15 is 0 Å². The zero-order valence-electron chi connectivity index (χ0n) is 7.05. The molecule has 3 heteroatoms. The van der Waals surface area contributed by atoms with Crippen LogP contribution in [0.5, 0.6) is 0 Å². The van der Waals surface area contributed by atoms with Gasteiger partial charge in [-0.05, 0) is 12.8 Å². The molecule has 1 aliphatic rings. The Morgan fingerprint density at radius 1 is 1.60 bits per heavy atom. The predicted octanol–water partition coefficient (Wildman–Crippen LogP) is 0.837. The van der Waals surface area contributed by atoms with Gasteiger partial charge in [0.2, 0.25) is 0 Å². The highest BCUT2D eigenvalue weighted by Crippen LogP contribution is 2.21. The Morgan fingerprint density at radius 2 is 2.20 bits per heavy atom. The lowest BCUT2D eigenvalue weighted by Crippen LogP contribution is -2.51. The van der Waals surface area contributed by atoms with E-state index in [-0.39, 0.29) is 5.66 Å². The molecule has 0 aromatic carbocycles. The number of nitrogens with one attached hydrogen (secondary N) is 1. The van der Waals surface area contributed by atoms with E-state index in [0.29, 0.717) is 5.92 Å². The van der Waals surface area contributed by atoms with Crippen LogP contribution in [0, 0.1) is 5.92 Å². The van der Waals surface area contributed by atoms with Gasteiger partial charge >= 0.3 is 0 Å². The number of hydrazone groups is 1. The molecule has 1 rings (SSSR count). The lowest BCUT2D eigenvalue weighted by molar-refractivity contribution is 0.143. The van der Waals surface area contributed by atoms with Crippen molar-refractivity contribution in [2.75, 3.05) is 7.05 Å². The molecule has 1 unspecified atom stereocenters. The fraction of sp³-hybridized carbons (Fsp3) is 0.857. The van der Waals surface area contributed by atoms with Gasteiger partial charge in [0.15, 0.2) is 0 Å². The second-order valence-corrected chi connectivity index (χ2v) is 3.27. The van der Waals surface area contributed by atoms with Gasteiger partial charge in [-0.3, -0.25) is 5.43 Å². The first-order chi connectivity index (χ1) is 4.57. The van der Waals surface area contributed by atoms with Gasteiger partial charge in [0.25, 0.3) is 0 Å². The quantitative estimate of drug-likeness (QED) is 0.586. The highest BCUT2D eigenvalue weighted by Gasteiger charge is 2.34. The van der Waals surface area contributed by atoms with Crippen LogP contribution < -0.4 is 5.43 Å². The summed E-state index contributed by atoms with van der Waals surface area (Å²) in [6, 6.07) is 0. The monoisotopic (exact) mass is 141 g/mol. The molecule has 1 atom stereocenters. The molecule has 3 nitrogen and oxygen atoms in total. The van der Waals surface area contributed by atoms with Crippen LogP contribution in [-0.4, -0.2) is 23.9 Å². The number of hydrogen-bond acceptors (Lipinski definition) is 3. The molecule has 0 saturated heterocycles. The average Bonchev–Trinajstić information content (AvgIpc) is 2.15. The first-order valence-electron chi connectivity index (χ1n) is 3.60. The molecule has 1 N–H and O–H groups in total. The third-order valence-corrected chi connectivity index (χ3v) is 2.38. The molecule has 1 heterocycles. The number of nitrogens with zero attached hydrogens (tertiary/aromatic N) is 2. The van der Waals surface area contributed by atoms with E-state index in [0.717, 1.165) is 0 Å². The van der Waals surface area contributed by atoms with E-state index in [4.69, 9.17) is 0 Å². The van der Waals surface area contributed by atoms with Crippen LogP contribution in [0.2, 0.25) is 0 Å². The molecule has 0 spiro atoms. The molecule has 0 bridgehead atoms. The van der Waals surface area contributed by atoms with Crippen LogP contribution in [-0.2, 0) is 0 Å². The summed E-state index contributed by atoms with van der Waals surface area (Å²) in [5, 5.41) is 3.99. The van der Waals surface area contributed by atoms with Crippen LogP contribution in [0.15, 0.2) is 5.10 Å². The standard InChI is InChI=1S/C7H15N3/c1-6(2)7(3)9-8-5-10(7)4/h5-6,9H,1-4H3. The van der Waals surface area contributed by atoms with E-state index in [9.17, 15) is 0 Å². The summed E-state index contributed by atoms with van der Waals surface area (Å²) < 4.78 is 0. The largest absolute Gasteiger partial charge is 0.340 e. The molecule has 0 aromatic heterocycles. The Bertz CT molecular complexity index is 153. The molecule has 0 fully saturated rings. The van der Waals surface area contributed by atoms with Gasteiger partial charge in [-0.2, -0.15) is 5.10 Å². The lowest BCUT2D eigenvalue weighted by atomic mass is 9.98. The van der Waals surface area contributed by atoms with Crippen molar-refractivity contribution >= 4 is 6.34 Å². The normalized spacial score (nSPS) is 31.5. The van der Waals surface area contributed by atoms with Gasteiger partial charge in [0.05, 0.1) is 0 Å². The Labute approximate surface area is 62.1 Å². The molecule has 0 saturated carbocycles. The van der Waals surface area contributed by atoms with E-state index in [2.05, 4.69) is 36.2 Å². The molecular weight excluding hydrogens is 126 g/mol. The third-order valence-electron chi connectivity index (χ3n) is 2.38. The van der Waals surface area contributed by atoms with Crippen LogP contribution in [0.4, 0.5) is 0 Å². The fourth-order valence-corrected chi connectivity index (χ4v) is 0.981. The van der Waals surface area contributed by atoms with Crippen LogP contribution in [0.25, 0.3) is 0 Å². The second-order valence-electron chi connectivity index (χ2n) is 3.27. The first kappa shape index (κ1) is 7.38. The summed E-state index contributed by atoms with van der Waals surface area (Å²) in [5.74, 6) is 0.556. The SMILES string of the molecule is CC(C)C1(C)NN=CN1C. The molecule has 1 aliphatic heterocycles. The third kappa shape index (κ3) is 0.856. The van der Waals surface area contributed by atoms with E-state index < -0.39 is 0 Å². The van der Waals surface area contributed by atoms with E-state index in [1.807, 2.05) is 13.4 Å². The molecule has 10 heavy (non-hydrogen) atoms. The summed E-state index contributed by atoms with van der Waals surface area (Å²) in [7, 11) is 2.03. The van der Waals surface area contributed by atoms with Crippen molar-refractivity contribution in [1.82, 2.24) is 10.3 Å². The summed E-state index contributed by atoms with van der Waals surface area (Å²) in [4.78, 5) is 2.09. The smallest absolute Gasteiger partial charge is 0.126 e. The zero-order chi connectivity index (χ0) is 7.78. The highest BCUT2D eigenvalue weighted by atomic mass is 15.5. The number of hydrogen-bond donors (Lipinski definition) is 1. The van der Waals surface area contributed by atoms with Gasteiger partial charge in [-0.25, -0.2) is 0 Å². The molecule has 0 aliphatic carbocycles. The van der Waals surface area contributed by atoms with Crippen LogP contribution in [0.3, 0.4) is 0 Å². The predicted molar refractivity (Wildman–Crippen MR) is 42.6 cm³/mol.